The number of pyridine rings is 1. The summed E-state index contributed by atoms with van der Waals surface area (Å²) in [6.07, 6.45) is 4.34. The fourth-order valence-electron chi connectivity index (χ4n) is 3.43. The highest BCUT2D eigenvalue weighted by atomic mass is 32.2. The molecule has 0 saturated carbocycles. The van der Waals surface area contributed by atoms with Crippen molar-refractivity contribution in [2.24, 2.45) is 0 Å². The van der Waals surface area contributed by atoms with Gasteiger partial charge in [-0.15, -0.1) is 11.3 Å². The van der Waals surface area contributed by atoms with E-state index in [9.17, 15) is 14.4 Å². The molecule has 10 heteroatoms. The van der Waals surface area contributed by atoms with E-state index in [4.69, 9.17) is 4.74 Å². The minimum absolute atomic E-state index is 0.0202. The molecule has 3 aromatic heterocycles. The molecular weight excluding hydrogens is 424 g/mol. The maximum Gasteiger partial charge on any atom is 0.355 e. The van der Waals surface area contributed by atoms with E-state index < -0.39 is 11.7 Å². The zero-order valence-electron chi connectivity index (χ0n) is 16.6. The predicted molar refractivity (Wildman–Crippen MR) is 116 cm³/mol. The van der Waals surface area contributed by atoms with Gasteiger partial charge in [-0.2, -0.15) is 4.98 Å². The van der Waals surface area contributed by atoms with E-state index in [2.05, 4.69) is 15.3 Å². The van der Waals surface area contributed by atoms with Gasteiger partial charge in [-0.05, 0) is 50.3 Å². The number of thioether (sulfide) groups is 1. The Kier molecular flexibility index (Phi) is 5.87. The molecular formula is C20H20N4O4S2. The standard InChI is InChI=1S/C20H20N4O4S2/c1-3-28-18(26)15-12-7-4-8-13(12)30-17(15)21-14(25)10-29-19-22-16-11(2)6-5-9-24(16)20(27)23-19/h5-6,9H,3-4,7-8,10H2,1-2H3,(H,21,25). The highest BCUT2D eigenvalue weighted by Gasteiger charge is 2.28. The van der Waals surface area contributed by atoms with Crippen LogP contribution in [0.3, 0.4) is 0 Å². The molecule has 0 unspecified atom stereocenters. The van der Waals surface area contributed by atoms with Crippen LogP contribution in [0.2, 0.25) is 0 Å². The molecule has 4 rings (SSSR count). The van der Waals surface area contributed by atoms with Gasteiger partial charge in [-0.25, -0.2) is 14.6 Å². The third kappa shape index (κ3) is 3.97. The predicted octanol–water partition coefficient (Wildman–Crippen LogP) is 2.86. The first-order valence-corrected chi connectivity index (χ1v) is 11.4. The number of aryl methyl sites for hydroxylation is 2. The van der Waals surface area contributed by atoms with Gasteiger partial charge in [-0.3, -0.25) is 9.20 Å². The van der Waals surface area contributed by atoms with Crippen LogP contribution < -0.4 is 11.0 Å². The average Bonchev–Trinajstić information content (AvgIpc) is 3.28. The summed E-state index contributed by atoms with van der Waals surface area (Å²) < 4.78 is 6.56. The molecule has 1 N–H and O–H groups in total. The van der Waals surface area contributed by atoms with Gasteiger partial charge in [0, 0.05) is 11.1 Å². The highest BCUT2D eigenvalue weighted by Crippen LogP contribution is 2.39. The summed E-state index contributed by atoms with van der Waals surface area (Å²) in [6.45, 7) is 3.89. The van der Waals surface area contributed by atoms with E-state index >= 15 is 0 Å². The summed E-state index contributed by atoms with van der Waals surface area (Å²) in [7, 11) is 0. The number of hydrogen-bond donors (Lipinski definition) is 1. The normalized spacial score (nSPS) is 12.7. The molecule has 1 aliphatic rings. The molecule has 0 atom stereocenters. The van der Waals surface area contributed by atoms with E-state index in [0.717, 1.165) is 47.0 Å². The summed E-state index contributed by atoms with van der Waals surface area (Å²) in [5.74, 6) is -0.674. The summed E-state index contributed by atoms with van der Waals surface area (Å²) >= 11 is 2.51. The molecule has 0 aliphatic heterocycles. The van der Waals surface area contributed by atoms with Crippen LogP contribution >= 0.6 is 23.1 Å². The number of hydrogen-bond acceptors (Lipinski definition) is 8. The fraction of sp³-hybridized carbons (Fsp3) is 0.350. The van der Waals surface area contributed by atoms with Gasteiger partial charge in [0.1, 0.15) is 10.6 Å². The van der Waals surface area contributed by atoms with Gasteiger partial charge in [0.25, 0.3) is 0 Å². The second kappa shape index (κ2) is 8.57. The smallest absolute Gasteiger partial charge is 0.355 e. The van der Waals surface area contributed by atoms with Gasteiger partial charge in [0.05, 0.1) is 17.9 Å². The van der Waals surface area contributed by atoms with E-state index in [1.54, 1.807) is 19.2 Å². The van der Waals surface area contributed by atoms with Gasteiger partial charge < -0.3 is 10.1 Å². The Balaban J connectivity index is 1.50. The summed E-state index contributed by atoms with van der Waals surface area (Å²) in [5, 5.41) is 3.60. The van der Waals surface area contributed by atoms with Crippen LogP contribution in [0.15, 0.2) is 28.3 Å². The Morgan fingerprint density at radius 3 is 2.97 bits per heavy atom. The summed E-state index contributed by atoms with van der Waals surface area (Å²) in [5.41, 5.74) is 2.38. The molecule has 156 valence electrons. The monoisotopic (exact) mass is 444 g/mol. The number of fused-ring (bicyclic) bond motifs is 2. The lowest BCUT2D eigenvalue weighted by Gasteiger charge is -2.08. The van der Waals surface area contributed by atoms with Crippen molar-refractivity contribution in [2.45, 2.75) is 38.3 Å². The second-order valence-electron chi connectivity index (χ2n) is 6.79. The van der Waals surface area contributed by atoms with Crippen molar-refractivity contribution in [3.63, 3.8) is 0 Å². The molecule has 3 aromatic rings. The van der Waals surface area contributed by atoms with Crippen molar-refractivity contribution in [1.82, 2.24) is 14.4 Å². The van der Waals surface area contributed by atoms with Gasteiger partial charge >= 0.3 is 11.7 Å². The van der Waals surface area contributed by atoms with E-state index in [1.165, 1.54) is 15.7 Å². The van der Waals surface area contributed by atoms with Gasteiger partial charge in [-0.1, -0.05) is 17.8 Å². The van der Waals surface area contributed by atoms with Crippen molar-refractivity contribution >= 4 is 45.6 Å². The van der Waals surface area contributed by atoms with E-state index in [1.807, 2.05) is 13.0 Å². The fourth-order valence-corrected chi connectivity index (χ4v) is 5.34. The molecule has 0 spiro atoms. The van der Waals surface area contributed by atoms with E-state index in [-0.39, 0.29) is 23.4 Å². The number of thiophene rings is 1. The zero-order valence-corrected chi connectivity index (χ0v) is 18.2. The Bertz CT molecular complexity index is 1200. The number of rotatable bonds is 6. The maximum atomic E-state index is 12.5. The second-order valence-corrected chi connectivity index (χ2v) is 8.84. The molecule has 0 fully saturated rings. The molecule has 1 aliphatic carbocycles. The van der Waals surface area contributed by atoms with E-state index in [0.29, 0.717) is 16.2 Å². The number of carbonyl (C=O) groups is 2. The third-order valence-corrected chi connectivity index (χ3v) is 6.80. The number of anilines is 1. The van der Waals surface area contributed by atoms with Crippen LogP contribution in [0.1, 0.15) is 39.7 Å². The quantitative estimate of drug-likeness (QED) is 0.461. The van der Waals surface area contributed by atoms with Crippen LogP contribution in [0.5, 0.6) is 0 Å². The van der Waals surface area contributed by atoms with Crippen molar-refractivity contribution in [1.29, 1.82) is 0 Å². The van der Waals surface area contributed by atoms with Crippen molar-refractivity contribution in [3.05, 3.63) is 50.4 Å². The SMILES string of the molecule is CCOC(=O)c1c(NC(=O)CSc2nc(=O)n3cccc(C)c3n2)sc2c1CCC2. The molecule has 0 bridgehead atoms. The number of amides is 1. The molecule has 30 heavy (non-hydrogen) atoms. The number of aromatic nitrogens is 3. The lowest BCUT2D eigenvalue weighted by atomic mass is 10.1. The lowest BCUT2D eigenvalue weighted by Crippen LogP contribution is -2.21. The molecule has 3 heterocycles. The Labute approximate surface area is 180 Å². The molecule has 8 nitrogen and oxygen atoms in total. The van der Waals surface area contributed by atoms with Crippen LogP contribution in [0, 0.1) is 6.92 Å². The largest absolute Gasteiger partial charge is 0.462 e. The summed E-state index contributed by atoms with van der Waals surface area (Å²) in [4.78, 5) is 46.6. The number of nitrogens with one attached hydrogen (secondary N) is 1. The first-order valence-electron chi connectivity index (χ1n) is 9.58. The minimum atomic E-state index is -0.439. The molecule has 0 aromatic carbocycles. The minimum Gasteiger partial charge on any atom is -0.462 e. The Morgan fingerprint density at radius 1 is 1.33 bits per heavy atom. The van der Waals surface area contributed by atoms with Gasteiger partial charge in [0.15, 0.2) is 5.16 Å². The van der Waals surface area contributed by atoms with Crippen LogP contribution in [0.4, 0.5) is 5.00 Å². The first-order chi connectivity index (χ1) is 14.5. The molecule has 1 amide bonds. The van der Waals surface area contributed by atoms with Crippen molar-refractivity contribution in [2.75, 3.05) is 17.7 Å². The Hall–Kier alpha value is -2.72. The van der Waals surface area contributed by atoms with Gasteiger partial charge in [0.2, 0.25) is 5.91 Å². The number of carbonyl (C=O) groups excluding carboxylic acids is 2. The number of ether oxygens (including phenoxy) is 1. The third-order valence-electron chi connectivity index (χ3n) is 4.75. The highest BCUT2D eigenvalue weighted by molar-refractivity contribution is 7.99. The maximum absolute atomic E-state index is 12.5. The lowest BCUT2D eigenvalue weighted by molar-refractivity contribution is -0.113. The van der Waals surface area contributed by atoms with Crippen molar-refractivity contribution < 1.29 is 14.3 Å². The van der Waals surface area contributed by atoms with Crippen LogP contribution in [-0.2, 0) is 22.4 Å². The average molecular weight is 445 g/mol. The molecule has 0 radical (unpaired) electrons. The van der Waals surface area contributed by atoms with Crippen LogP contribution in [-0.4, -0.2) is 38.6 Å². The van der Waals surface area contributed by atoms with Crippen molar-refractivity contribution in [3.8, 4) is 0 Å². The zero-order chi connectivity index (χ0) is 21.3. The molecule has 0 saturated heterocycles. The van der Waals surface area contributed by atoms with Crippen LogP contribution in [0.25, 0.3) is 5.65 Å². The topological polar surface area (TPSA) is 103 Å². The summed E-state index contributed by atoms with van der Waals surface area (Å²) in [6, 6.07) is 3.61. The first kappa shape index (κ1) is 20.5. The number of esters is 1. The Morgan fingerprint density at radius 2 is 2.17 bits per heavy atom. The number of nitrogens with zero attached hydrogens (tertiary/aromatic N) is 3.